The zero-order chi connectivity index (χ0) is 14.7. The van der Waals surface area contributed by atoms with Crippen molar-refractivity contribution in [1.29, 1.82) is 0 Å². The lowest BCUT2D eigenvalue weighted by molar-refractivity contribution is 0.0520. The summed E-state index contributed by atoms with van der Waals surface area (Å²) in [7, 11) is 0. The second kappa shape index (κ2) is 5.58. The van der Waals surface area contributed by atoms with Gasteiger partial charge in [0.25, 0.3) is 0 Å². The topological polar surface area (TPSA) is 85.7 Å². The number of aromatic amines is 1. The molecule has 7 nitrogen and oxygen atoms in total. The molecule has 0 saturated heterocycles. The largest absolute Gasteiger partial charge is 0.461 e. The number of ether oxygens (including phenoxy) is 1. The van der Waals surface area contributed by atoms with Crippen LogP contribution in [0.15, 0.2) is 42.7 Å². The van der Waals surface area contributed by atoms with Gasteiger partial charge in [0, 0.05) is 18.0 Å². The Bertz CT molecular complexity index is 748. The van der Waals surface area contributed by atoms with Gasteiger partial charge in [-0.15, -0.1) is 5.10 Å². The van der Waals surface area contributed by atoms with Crippen molar-refractivity contribution in [3.8, 4) is 16.9 Å². The maximum Gasteiger partial charge on any atom is 0.361 e. The maximum absolute atomic E-state index is 11.9. The summed E-state index contributed by atoms with van der Waals surface area (Å²) in [5.74, 6) is -0.503. The number of carbonyl (C=O) groups excluding carboxylic acids is 1. The number of esters is 1. The Hall–Kier alpha value is -2.96. The Morgan fingerprint density at radius 2 is 2.14 bits per heavy atom. The highest BCUT2D eigenvalue weighted by molar-refractivity contribution is 5.95. The van der Waals surface area contributed by atoms with E-state index in [1.165, 1.54) is 0 Å². The molecule has 3 rings (SSSR count). The number of nitrogens with one attached hydrogen (secondary N) is 1. The van der Waals surface area contributed by atoms with Crippen LogP contribution in [0.25, 0.3) is 16.9 Å². The van der Waals surface area contributed by atoms with E-state index in [9.17, 15) is 4.79 Å². The third-order valence-electron chi connectivity index (χ3n) is 2.93. The molecule has 106 valence electrons. The molecule has 0 unspecified atom stereocenters. The molecule has 0 aliphatic heterocycles. The van der Waals surface area contributed by atoms with Gasteiger partial charge in [-0.05, 0) is 19.1 Å². The monoisotopic (exact) mass is 283 g/mol. The van der Waals surface area contributed by atoms with Crippen LogP contribution in [0.1, 0.15) is 17.4 Å². The predicted molar refractivity (Wildman–Crippen MR) is 74.9 cm³/mol. The minimum Gasteiger partial charge on any atom is -0.461 e. The Labute approximate surface area is 120 Å². The van der Waals surface area contributed by atoms with Crippen molar-refractivity contribution in [2.45, 2.75) is 6.92 Å². The Balaban J connectivity index is 2.10. The number of benzene rings is 1. The molecule has 2 heterocycles. The lowest BCUT2D eigenvalue weighted by Crippen LogP contribution is -2.07. The first-order valence-electron chi connectivity index (χ1n) is 6.48. The normalized spacial score (nSPS) is 10.5. The molecule has 0 amide bonds. The average molecular weight is 283 g/mol. The minimum atomic E-state index is -0.503. The van der Waals surface area contributed by atoms with E-state index in [0.29, 0.717) is 5.69 Å². The molecule has 1 aromatic carbocycles. The molecule has 1 N–H and O–H groups in total. The summed E-state index contributed by atoms with van der Waals surface area (Å²) < 4.78 is 6.70. The van der Waals surface area contributed by atoms with Crippen LogP contribution in [0.2, 0.25) is 0 Å². The lowest BCUT2D eigenvalue weighted by Gasteiger charge is -2.08. The van der Waals surface area contributed by atoms with Gasteiger partial charge in [0.05, 0.1) is 12.3 Å². The van der Waals surface area contributed by atoms with Crippen molar-refractivity contribution in [1.82, 2.24) is 25.2 Å². The minimum absolute atomic E-state index is 0.163. The van der Waals surface area contributed by atoms with Gasteiger partial charge in [-0.25, -0.2) is 9.48 Å². The van der Waals surface area contributed by atoms with Gasteiger partial charge in [-0.2, -0.15) is 15.4 Å². The summed E-state index contributed by atoms with van der Waals surface area (Å²) in [5, 5.41) is 14.7. The van der Waals surface area contributed by atoms with Crippen LogP contribution >= 0.6 is 0 Å². The smallest absolute Gasteiger partial charge is 0.361 e. The molecule has 0 aliphatic rings. The van der Waals surface area contributed by atoms with Crippen LogP contribution in [-0.4, -0.2) is 37.8 Å². The van der Waals surface area contributed by atoms with E-state index in [1.807, 2.05) is 36.5 Å². The van der Waals surface area contributed by atoms with Crippen LogP contribution in [-0.2, 0) is 4.74 Å². The number of hydrogen-bond donors (Lipinski definition) is 1. The van der Waals surface area contributed by atoms with Gasteiger partial charge in [-0.1, -0.05) is 18.2 Å². The fraction of sp³-hybridized carbons (Fsp3) is 0.143. The van der Waals surface area contributed by atoms with Crippen LogP contribution in [0.4, 0.5) is 0 Å². The van der Waals surface area contributed by atoms with Gasteiger partial charge >= 0.3 is 5.97 Å². The number of H-pyrrole nitrogens is 1. The van der Waals surface area contributed by atoms with E-state index < -0.39 is 5.97 Å². The summed E-state index contributed by atoms with van der Waals surface area (Å²) in [6.07, 6.45) is 3.51. The highest BCUT2D eigenvalue weighted by Gasteiger charge is 2.21. The Morgan fingerprint density at radius 3 is 2.90 bits per heavy atom. The van der Waals surface area contributed by atoms with E-state index in [4.69, 9.17) is 4.74 Å². The van der Waals surface area contributed by atoms with Crippen molar-refractivity contribution >= 4 is 5.97 Å². The zero-order valence-electron chi connectivity index (χ0n) is 11.4. The maximum atomic E-state index is 11.9. The van der Waals surface area contributed by atoms with Crippen molar-refractivity contribution < 1.29 is 9.53 Å². The molecule has 2 aromatic heterocycles. The molecule has 0 spiro atoms. The third kappa shape index (κ3) is 2.40. The highest BCUT2D eigenvalue weighted by Crippen LogP contribution is 2.26. The van der Waals surface area contributed by atoms with Gasteiger partial charge in [0.2, 0.25) is 0 Å². The summed E-state index contributed by atoms with van der Waals surface area (Å²) in [5.41, 5.74) is 2.16. The fourth-order valence-corrected chi connectivity index (χ4v) is 2.05. The van der Waals surface area contributed by atoms with Crippen LogP contribution in [0.3, 0.4) is 0 Å². The number of nitrogens with zero attached hydrogens (tertiary/aromatic N) is 4. The predicted octanol–water partition coefficient (Wildman–Crippen LogP) is 1.83. The lowest BCUT2D eigenvalue weighted by atomic mass is 10.1. The fourth-order valence-electron chi connectivity index (χ4n) is 2.05. The summed E-state index contributed by atoms with van der Waals surface area (Å²) in [6.45, 7) is 2.03. The number of hydrogen-bond acceptors (Lipinski definition) is 5. The number of rotatable bonds is 4. The van der Waals surface area contributed by atoms with E-state index in [-0.39, 0.29) is 12.3 Å². The number of para-hydroxylation sites is 1. The van der Waals surface area contributed by atoms with Crippen LogP contribution in [0.5, 0.6) is 0 Å². The molecule has 3 aromatic rings. The Kier molecular flexibility index (Phi) is 3.46. The molecule has 0 saturated carbocycles. The molecular formula is C14H13N5O2. The Morgan fingerprint density at radius 1 is 1.29 bits per heavy atom. The third-order valence-corrected chi connectivity index (χ3v) is 2.93. The van der Waals surface area contributed by atoms with Gasteiger partial charge < -0.3 is 4.74 Å². The SMILES string of the molecule is CCOC(=O)c1n[nH]nc1-c1ccccc1-n1cccn1. The van der Waals surface area contributed by atoms with E-state index in [1.54, 1.807) is 17.8 Å². The second-order valence-electron chi connectivity index (χ2n) is 4.21. The molecule has 0 fully saturated rings. The standard InChI is InChI=1S/C14H13N5O2/c1-2-21-14(20)13-12(16-18-17-13)10-6-3-4-7-11(10)19-9-5-8-15-19/h3-9H,2H2,1H3,(H,16,17,18). The molecule has 0 radical (unpaired) electrons. The van der Waals surface area contributed by atoms with Crippen molar-refractivity contribution in [3.05, 3.63) is 48.4 Å². The molecular weight excluding hydrogens is 270 g/mol. The van der Waals surface area contributed by atoms with Crippen molar-refractivity contribution in [2.75, 3.05) is 6.61 Å². The van der Waals surface area contributed by atoms with Gasteiger partial charge in [-0.3, -0.25) is 0 Å². The number of aromatic nitrogens is 5. The summed E-state index contributed by atoms with van der Waals surface area (Å²) in [4.78, 5) is 11.9. The van der Waals surface area contributed by atoms with E-state index >= 15 is 0 Å². The van der Waals surface area contributed by atoms with E-state index in [0.717, 1.165) is 11.3 Å². The van der Waals surface area contributed by atoms with Gasteiger partial charge in [0.1, 0.15) is 5.69 Å². The molecule has 0 atom stereocenters. The molecule has 7 heteroatoms. The first-order valence-corrected chi connectivity index (χ1v) is 6.48. The highest BCUT2D eigenvalue weighted by atomic mass is 16.5. The van der Waals surface area contributed by atoms with Crippen LogP contribution in [0, 0.1) is 0 Å². The van der Waals surface area contributed by atoms with E-state index in [2.05, 4.69) is 20.5 Å². The van der Waals surface area contributed by atoms with Gasteiger partial charge in [0.15, 0.2) is 5.69 Å². The first-order chi connectivity index (χ1) is 10.3. The number of carbonyl (C=O) groups is 1. The molecule has 0 bridgehead atoms. The quantitative estimate of drug-likeness (QED) is 0.738. The van der Waals surface area contributed by atoms with Crippen molar-refractivity contribution in [2.24, 2.45) is 0 Å². The summed E-state index contributed by atoms with van der Waals surface area (Å²) in [6, 6.07) is 9.34. The molecule has 0 aliphatic carbocycles. The average Bonchev–Trinajstić information content (AvgIpc) is 3.19. The van der Waals surface area contributed by atoms with Crippen LogP contribution < -0.4 is 0 Å². The molecule has 21 heavy (non-hydrogen) atoms. The summed E-state index contributed by atoms with van der Waals surface area (Å²) >= 11 is 0. The zero-order valence-corrected chi connectivity index (χ0v) is 11.4. The second-order valence-corrected chi connectivity index (χ2v) is 4.21. The van der Waals surface area contributed by atoms with Crippen molar-refractivity contribution in [3.63, 3.8) is 0 Å². The first kappa shape index (κ1) is 13.0.